The van der Waals surface area contributed by atoms with E-state index in [0.717, 1.165) is 11.4 Å². The van der Waals surface area contributed by atoms with Gasteiger partial charge >= 0.3 is 0 Å². The van der Waals surface area contributed by atoms with Crippen LogP contribution in [-0.4, -0.2) is 0 Å². The fourth-order valence-electron chi connectivity index (χ4n) is 4.23. The molecule has 0 aliphatic carbocycles. The van der Waals surface area contributed by atoms with Gasteiger partial charge in [0, 0.05) is 16.8 Å². The second-order valence-corrected chi connectivity index (χ2v) is 8.09. The first-order valence-electron chi connectivity index (χ1n) is 10.7. The predicted molar refractivity (Wildman–Crippen MR) is 134 cm³/mol. The van der Waals surface area contributed by atoms with Gasteiger partial charge in [0.2, 0.25) is 0 Å². The van der Waals surface area contributed by atoms with Crippen molar-refractivity contribution in [2.24, 2.45) is 0 Å². The summed E-state index contributed by atoms with van der Waals surface area (Å²) in [6.45, 7) is 4.28. The number of benzene rings is 5. The molecule has 5 rings (SSSR count). The maximum absolute atomic E-state index is 3.65. The van der Waals surface area contributed by atoms with E-state index in [1.54, 1.807) is 0 Å². The molecular weight excluding hydrogens is 374 g/mol. The first-order valence-corrected chi connectivity index (χ1v) is 10.7. The number of fused-ring (bicyclic) bond motifs is 1. The zero-order chi connectivity index (χ0) is 21.2. The number of nitrogens with one attached hydrogen (secondary N) is 1. The maximum atomic E-state index is 3.65. The van der Waals surface area contributed by atoms with Crippen molar-refractivity contribution in [3.8, 4) is 22.3 Å². The summed E-state index contributed by atoms with van der Waals surface area (Å²) in [5, 5.41) is 6.13. The average Bonchev–Trinajstić information content (AvgIpc) is 2.82. The minimum Gasteiger partial charge on any atom is -0.355 e. The Balaban J connectivity index is 1.54. The molecule has 31 heavy (non-hydrogen) atoms. The van der Waals surface area contributed by atoms with Gasteiger partial charge in [-0.1, -0.05) is 103 Å². The molecule has 0 spiro atoms. The van der Waals surface area contributed by atoms with E-state index in [2.05, 4.69) is 128 Å². The number of hydrogen-bond donors (Lipinski definition) is 1. The summed E-state index contributed by atoms with van der Waals surface area (Å²) in [4.78, 5) is 0. The lowest BCUT2D eigenvalue weighted by atomic mass is 9.95. The summed E-state index contributed by atoms with van der Waals surface area (Å²) in [7, 11) is 0. The molecule has 1 nitrogen and oxygen atoms in total. The molecule has 0 atom stereocenters. The summed E-state index contributed by atoms with van der Waals surface area (Å²) in [5.41, 5.74) is 9.78. The number of aryl methyl sites for hydroxylation is 2. The van der Waals surface area contributed by atoms with Gasteiger partial charge in [-0.05, 0) is 59.2 Å². The van der Waals surface area contributed by atoms with Gasteiger partial charge < -0.3 is 5.32 Å². The van der Waals surface area contributed by atoms with Crippen molar-refractivity contribution in [2.45, 2.75) is 13.8 Å². The molecule has 0 saturated heterocycles. The fraction of sp³-hybridized carbons (Fsp3) is 0.0667. The third kappa shape index (κ3) is 3.83. The molecule has 0 aromatic heterocycles. The molecule has 0 fully saturated rings. The van der Waals surface area contributed by atoms with Crippen molar-refractivity contribution in [1.82, 2.24) is 0 Å². The van der Waals surface area contributed by atoms with Crippen LogP contribution in [0.1, 0.15) is 11.1 Å². The summed E-state index contributed by atoms with van der Waals surface area (Å²) >= 11 is 0. The van der Waals surface area contributed by atoms with Crippen LogP contribution < -0.4 is 5.32 Å². The van der Waals surface area contributed by atoms with E-state index in [1.165, 1.54) is 44.2 Å². The van der Waals surface area contributed by atoms with Crippen molar-refractivity contribution in [3.63, 3.8) is 0 Å². The molecule has 0 amide bonds. The maximum Gasteiger partial charge on any atom is 0.0464 e. The van der Waals surface area contributed by atoms with Crippen LogP contribution in [0.15, 0.2) is 109 Å². The van der Waals surface area contributed by atoms with Gasteiger partial charge in [-0.2, -0.15) is 0 Å². The Bertz CT molecular complexity index is 1350. The van der Waals surface area contributed by atoms with E-state index in [4.69, 9.17) is 0 Å². The topological polar surface area (TPSA) is 12.0 Å². The third-order valence-corrected chi connectivity index (χ3v) is 5.88. The monoisotopic (exact) mass is 399 g/mol. The van der Waals surface area contributed by atoms with Gasteiger partial charge in [0.05, 0.1) is 0 Å². The van der Waals surface area contributed by atoms with Gasteiger partial charge in [0.25, 0.3) is 0 Å². The summed E-state index contributed by atoms with van der Waals surface area (Å²) in [5.74, 6) is 0. The van der Waals surface area contributed by atoms with Gasteiger partial charge in [0.1, 0.15) is 0 Å². The Morgan fingerprint density at radius 2 is 1.10 bits per heavy atom. The van der Waals surface area contributed by atoms with E-state index < -0.39 is 0 Å². The smallest absolute Gasteiger partial charge is 0.0464 e. The minimum absolute atomic E-state index is 1.13. The Kier molecular flexibility index (Phi) is 5.01. The average molecular weight is 400 g/mol. The molecule has 0 saturated carbocycles. The lowest BCUT2D eigenvalue weighted by Gasteiger charge is -2.15. The molecule has 0 bridgehead atoms. The van der Waals surface area contributed by atoms with Crippen molar-refractivity contribution in [3.05, 3.63) is 120 Å². The molecule has 5 aromatic rings. The van der Waals surface area contributed by atoms with Gasteiger partial charge in [0.15, 0.2) is 0 Å². The second kappa shape index (κ2) is 8.12. The van der Waals surface area contributed by atoms with E-state index >= 15 is 0 Å². The van der Waals surface area contributed by atoms with Crippen LogP contribution in [0.5, 0.6) is 0 Å². The van der Waals surface area contributed by atoms with Crippen molar-refractivity contribution in [2.75, 3.05) is 5.32 Å². The molecule has 0 radical (unpaired) electrons. The van der Waals surface area contributed by atoms with E-state index in [-0.39, 0.29) is 0 Å². The molecule has 1 heteroatoms. The standard InChI is InChI=1S/C30H25N/c1-21-12-18-29(22(2)20-21)31-30-19-17-26(27-10-6-7-11-28(27)30)25-15-13-24(14-16-25)23-8-4-3-5-9-23/h3-20,31H,1-2H3. The largest absolute Gasteiger partial charge is 0.355 e. The zero-order valence-corrected chi connectivity index (χ0v) is 17.9. The molecule has 1 N–H and O–H groups in total. The van der Waals surface area contributed by atoms with Crippen molar-refractivity contribution < 1.29 is 0 Å². The van der Waals surface area contributed by atoms with Crippen LogP contribution in [0.4, 0.5) is 11.4 Å². The lowest BCUT2D eigenvalue weighted by molar-refractivity contribution is 1.37. The normalized spacial score (nSPS) is 10.9. The number of rotatable bonds is 4. The van der Waals surface area contributed by atoms with E-state index in [0.29, 0.717) is 0 Å². The molecule has 0 aliphatic rings. The Morgan fingerprint density at radius 1 is 0.484 bits per heavy atom. The molecule has 5 aromatic carbocycles. The lowest BCUT2D eigenvalue weighted by Crippen LogP contribution is -1.95. The molecule has 0 unspecified atom stereocenters. The van der Waals surface area contributed by atoms with Gasteiger partial charge in [-0.3, -0.25) is 0 Å². The first kappa shape index (κ1) is 19.1. The second-order valence-electron chi connectivity index (χ2n) is 8.09. The van der Waals surface area contributed by atoms with E-state index in [1.807, 2.05) is 0 Å². The number of anilines is 2. The van der Waals surface area contributed by atoms with Gasteiger partial charge in [-0.15, -0.1) is 0 Å². The van der Waals surface area contributed by atoms with Crippen LogP contribution in [0.25, 0.3) is 33.0 Å². The summed E-state index contributed by atoms with van der Waals surface area (Å²) in [6, 6.07) is 39.0. The minimum atomic E-state index is 1.13. The fourth-order valence-corrected chi connectivity index (χ4v) is 4.23. The molecule has 150 valence electrons. The van der Waals surface area contributed by atoms with Crippen LogP contribution >= 0.6 is 0 Å². The molecule has 0 heterocycles. The van der Waals surface area contributed by atoms with Crippen molar-refractivity contribution >= 4 is 22.1 Å². The highest BCUT2D eigenvalue weighted by Crippen LogP contribution is 2.36. The van der Waals surface area contributed by atoms with Crippen LogP contribution in [-0.2, 0) is 0 Å². The van der Waals surface area contributed by atoms with Crippen LogP contribution in [0, 0.1) is 13.8 Å². The number of hydrogen-bond acceptors (Lipinski definition) is 1. The highest BCUT2D eigenvalue weighted by molar-refractivity contribution is 6.04. The summed E-state index contributed by atoms with van der Waals surface area (Å²) < 4.78 is 0. The highest BCUT2D eigenvalue weighted by Gasteiger charge is 2.09. The SMILES string of the molecule is Cc1ccc(Nc2ccc(-c3ccc(-c4ccccc4)cc3)c3ccccc23)c(C)c1. The van der Waals surface area contributed by atoms with Gasteiger partial charge in [-0.25, -0.2) is 0 Å². The summed E-state index contributed by atoms with van der Waals surface area (Å²) in [6.07, 6.45) is 0. The Labute approximate surface area is 184 Å². The molecular formula is C30H25N. The van der Waals surface area contributed by atoms with Crippen LogP contribution in [0.3, 0.4) is 0 Å². The highest BCUT2D eigenvalue weighted by atomic mass is 14.9. The zero-order valence-electron chi connectivity index (χ0n) is 17.9. The molecule has 0 aliphatic heterocycles. The Hall–Kier alpha value is -3.84. The quantitative estimate of drug-likeness (QED) is 0.319. The Morgan fingerprint density at radius 3 is 1.84 bits per heavy atom. The van der Waals surface area contributed by atoms with Crippen molar-refractivity contribution in [1.29, 1.82) is 0 Å². The first-order chi connectivity index (χ1) is 15.2. The predicted octanol–water partition coefficient (Wildman–Crippen LogP) is 8.53. The van der Waals surface area contributed by atoms with Crippen LogP contribution in [0.2, 0.25) is 0 Å². The van der Waals surface area contributed by atoms with E-state index in [9.17, 15) is 0 Å². The third-order valence-electron chi connectivity index (χ3n) is 5.88.